The highest BCUT2D eigenvalue weighted by molar-refractivity contribution is 5.76. The predicted octanol–water partition coefficient (Wildman–Crippen LogP) is 4.39. The zero-order chi connectivity index (χ0) is 23.3. The third kappa shape index (κ3) is 3.37. The topological polar surface area (TPSA) is 88.2 Å². The molecule has 1 atom stereocenters. The highest BCUT2D eigenvalue weighted by Gasteiger charge is 2.46. The minimum absolute atomic E-state index is 0.0580. The van der Waals surface area contributed by atoms with E-state index in [4.69, 9.17) is 29.7 Å². The highest BCUT2D eigenvalue weighted by atomic mass is 19.1. The van der Waals surface area contributed by atoms with E-state index in [2.05, 4.69) is 11.9 Å². The van der Waals surface area contributed by atoms with Crippen molar-refractivity contribution in [2.45, 2.75) is 18.9 Å². The lowest BCUT2D eigenvalue weighted by Gasteiger charge is -2.40. The number of nitrogens with two attached hydrogens (primary N) is 1. The van der Waals surface area contributed by atoms with Crippen molar-refractivity contribution in [1.82, 2.24) is 4.98 Å². The molecule has 0 bridgehead atoms. The van der Waals surface area contributed by atoms with Gasteiger partial charge in [-0.15, -0.1) is 0 Å². The first-order valence-electron chi connectivity index (χ1n) is 11.2. The van der Waals surface area contributed by atoms with Crippen LogP contribution in [0.15, 0.2) is 59.9 Å². The summed E-state index contributed by atoms with van der Waals surface area (Å²) in [7, 11) is 0. The van der Waals surface area contributed by atoms with Crippen molar-refractivity contribution in [2.75, 3.05) is 26.4 Å². The second-order valence-corrected chi connectivity index (χ2v) is 9.34. The van der Waals surface area contributed by atoms with Gasteiger partial charge in [0, 0.05) is 47.0 Å². The first-order chi connectivity index (χ1) is 16.5. The van der Waals surface area contributed by atoms with E-state index in [0.717, 1.165) is 16.7 Å². The van der Waals surface area contributed by atoms with Gasteiger partial charge in [-0.2, -0.15) is 0 Å². The van der Waals surface area contributed by atoms with Crippen LogP contribution >= 0.6 is 0 Å². The predicted molar refractivity (Wildman–Crippen MR) is 124 cm³/mol. The molecule has 3 aromatic rings. The summed E-state index contributed by atoms with van der Waals surface area (Å²) in [6.45, 7) is 4.09. The van der Waals surface area contributed by atoms with Crippen LogP contribution in [0.3, 0.4) is 0 Å². The van der Waals surface area contributed by atoms with Crippen LogP contribution in [0.4, 0.5) is 4.39 Å². The second kappa shape index (κ2) is 7.70. The van der Waals surface area contributed by atoms with E-state index in [1.165, 1.54) is 6.07 Å². The monoisotopic (exact) mass is 461 g/mol. The van der Waals surface area contributed by atoms with E-state index in [0.29, 0.717) is 49.9 Å². The summed E-state index contributed by atoms with van der Waals surface area (Å²) in [5.74, 6) is 0.569. The van der Waals surface area contributed by atoms with E-state index >= 15 is 4.39 Å². The first-order valence-corrected chi connectivity index (χ1v) is 11.2. The van der Waals surface area contributed by atoms with Gasteiger partial charge in [-0.25, -0.2) is 9.38 Å². The molecule has 4 heterocycles. The molecule has 0 saturated carbocycles. The summed E-state index contributed by atoms with van der Waals surface area (Å²) in [6.07, 6.45) is 4.00. The van der Waals surface area contributed by atoms with Crippen LogP contribution in [0.5, 0.6) is 17.2 Å². The van der Waals surface area contributed by atoms with E-state index in [1.54, 1.807) is 12.4 Å². The molecule has 0 amide bonds. The fourth-order valence-electron chi connectivity index (χ4n) is 4.73. The molecule has 0 aliphatic carbocycles. The molecule has 1 spiro atoms. The van der Waals surface area contributed by atoms with Crippen LogP contribution in [0.1, 0.15) is 24.5 Å². The Morgan fingerprint density at radius 1 is 1.12 bits per heavy atom. The Bertz CT molecular complexity index is 1290. The minimum atomic E-state index is -0.965. The van der Waals surface area contributed by atoms with Crippen LogP contribution in [0.25, 0.3) is 11.1 Å². The van der Waals surface area contributed by atoms with Gasteiger partial charge in [0.25, 0.3) is 6.02 Å². The highest BCUT2D eigenvalue weighted by Crippen LogP contribution is 2.54. The molecule has 1 saturated heterocycles. The third-order valence-electron chi connectivity index (χ3n) is 6.60. The van der Waals surface area contributed by atoms with Crippen molar-refractivity contribution >= 4 is 6.02 Å². The van der Waals surface area contributed by atoms with Gasteiger partial charge in [-0.3, -0.25) is 4.98 Å². The van der Waals surface area contributed by atoms with Crippen LogP contribution < -0.4 is 15.2 Å². The van der Waals surface area contributed by atoms with Crippen molar-refractivity contribution in [3.63, 3.8) is 0 Å². The molecule has 1 aromatic heterocycles. The molecule has 6 rings (SSSR count). The largest absolute Gasteiger partial charge is 0.493 e. The molecule has 3 aliphatic rings. The van der Waals surface area contributed by atoms with Crippen LogP contribution in [-0.2, 0) is 15.0 Å². The third-order valence-corrected chi connectivity index (χ3v) is 6.60. The van der Waals surface area contributed by atoms with Gasteiger partial charge in [-0.05, 0) is 29.8 Å². The van der Waals surface area contributed by atoms with Crippen molar-refractivity contribution in [3.05, 3.63) is 71.8 Å². The molecular formula is C26H24FN3O4. The Balaban J connectivity index is 1.49. The normalized spacial score (nSPS) is 21.9. The minimum Gasteiger partial charge on any atom is -0.493 e. The summed E-state index contributed by atoms with van der Waals surface area (Å²) in [4.78, 5) is 8.97. The molecule has 3 aliphatic heterocycles. The fourth-order valence-corrected chi connectivity index (χ4v) is 4.73. The number of aromatic nitrogens is 1. The van der Waals surface area contributed by atoms with Gasteiger partial charge in [-0.1, -0.05) is 19.1 Å². The number of fused-ring (bicyclic) bond motifs is 4. The maximum Gasteiger partial charge on any atom is 0.283 e. The molecule has 2 aromatic carbocycles. The molecule has 0 radical (unpaired) electrons. The fraction of sp³-hybridized carbons (Fsp3) is 0.308. The molecule has 8 heteroatoms. The molecule has 7 nitrogen and oxygen atoms in total. The summed E-state index contributed by atoms with van der Waals surface area (Å²) in [5, 5.41) is 0. The Hall–Kier alpha value is -3.65. The van der Waals surface area contributed by atoms with E-state index < -0.39 is 11.4 Å². The Morgan fingerprint density at radius 2 is 2.00 bits per heavy atom. The zero-order valence-electron chi connectivity index (χ0n) is 18.7. The zero-order valence-corrected chi connectivity index (χ0v) is 18.7. The molecule has 1 fully saturated rings. The Labute approximate surface area is 196 Å². The SMILES string of the molecule is CC1(COc2cc(F)c3c(c2)[C@]2(CCOC(N)=N2)c2cc(-c4cccnc4)ccc2O3)COC1. The van der Waals surface area contributed by atoms with Gasteiger partial charge in [0.05, 0.1) is 26.4 Å². The van der Waals surface area contributed by atoms with Crippen molar-refractivity contribution in [3.8, 4) is 28.4 Å². The van der Waals surface area contributed by atoms with Gasteiger partial charge >= 0.3 is 0 Å². The van der Waals surface area contributed by atoms with Gasteiger partial charge in [0.15, 0.2) is 11.6 Å². The second-order valence-electron chi connectivity index (χ2n) is 9.34. The van der Waals surface area contributed by atoms with Gasteiger partial charge in [0.2, 0.25) is 0 Å². The average molecular weight is 461 g/mol. The van der Waals surface area contributed by atoms with Crippen LogP contribution in [0, 0.1) is 11.2 Å². The van der Waals surface area contributed by atoms with Crippen molar-refractivity contribution in [2.24, 2.45) is 16.1 Å². The van der Waals surface area contributed by atoms with E-state index in [-0.39, 0.29) is 17.2 Å². The number of aliphatic imine (C=N–C) groups is 1. The standard InChI is InChI=1S/C26H24FN3O4/c1-25(13-31-14-25)15-33-18-10-20-23(21(27)11-18)34-22-5-4-16(17-3-2-7-29-12-17)9-19(22)26(20)6-8-32-24(28)30-26/h2-5,7,9-12H,6,8,13-15H2,1H3,(H2,28,30)/t26-/m0/s1. The number of rotatable bonds is 4. The van der Waals surface area contributed by atoms with Crippen LogP contribution in [-0.4, -0.2) is 37.4 Å². The van der Waals surface area contributed by atoms with Crippen molar-refractivity contribution in [1.29, 1.82) is 0 Å². The lowest BCUT2D eigenvalue weighted by atomic mass is 9.77. The molecule has 2 N–H and O–H groups in total. The number of nitrogens with zero attached hydrogens (tertiary/aromatic N) is 2. The molecule has 34 heavy (non-hydrogen) atoms. The lowest BCUT2D eigenvalue weighted by molar-refractivity contribution is -0.120. The van der Waals surface area contributed by atoms with Gasteiger partial charge in [0.1, 0.15) is 17.0 Å². The molecular weight excluding hydrogens is 437 g/mol. The summed E-state index contributed by atoms with van der Waals surface area (Å²) in [6, 6.07) is 12.9. The number of hydrogen-bond donors (Lipinski definition) is 1. The number of halogens is 1. The number of hydrogen-bond acceptors (Lipinski definition) is 7. The van der Waals surface area contributed by atoms with Crippen LogP contribution in [0.2, 0.25) is 0 Å². The Morgan fingerprint density at radius 3 is 2.74 bits per heavy atom. The quantitative estimate of drug-likeness (QED) is 0.620. The molecule has 174 valence electrons. The summed E-state index contributed by atoms with van der Waals surface area (Å²) < 4.78 is 38.2. The summed E-state index contributed by atoms with van der Waals surface area (Å²) in [5.41, 5.74) is 8.28. The van der Waals surface area contributed by atoms with E-state index in [9.17, 15) is 0 Å². The van der Waals surface area contributed by atoms with Gasteiger partial charge < -0.3 is 24.7 Å². The number of amidine groups is 1. The smallest absolute Gasteiger partial charge is 0.283 e. The first kappa shape index (κ1) is 20.9. The molecule has 0 unspecified atom stereocenters. The number of ether oxygens (including phenoxy) is 4. The maximum absolute atomic E-state index is 15.4. The lowest BCUT2D eigenvalue weighted by Crippen LogP contribution is -2.44. The number of benzene rings is 2. The summed E-state index contributed by atoms with van der Waals surface area (Å²) >= 11 is 0. The number of pyridine rings is 1. The van der Waals surface area contributed by atoms with E-state index in [1.807, 2.05) is 36.4 Å². The van der Waals surface area contributed by atoms with Crippen molar-refractivity contribution < 1.29 is 23.3 Å². The Kier molecular flexibility index (Phi) is 4.74. The average Bonchev–Trinajstić information content (AvgIpc) is 2.83. The maximum atomic E-state index is 15.4.